The number of ether oxygens (including phenoxy) is 1. The van der Waals surface area contributed by atoms with Gasteiger partial charge in [-0.05, 0) is 71.6 Å². The third-order valence-corrected chi connectivity index (χ3v) is 10.6. The summed E-state index contributed by atoms with van der Waals surface area (Å²) in [6, 6.07) is 39.0. The van der Waals surface area contributed by atoms with E-state index in [9.17, 15) is 0 Å². The summed E-state index contributed by atoms with van der Waals surface area (Å²) in [7, 11) is 0. The van der Waals surface area contributed by atoms with Gasteiger partial charge < -0.3 is 18.9 Å². The van der Waals surface area contributed by atoms with Crippen molar-refractivity contribution >= 4 is 81.7 Å². The summed E-state index contributed by atoms with van der Waals surface area (Å²) >= 11 is 1.72. The number of para-hydroxylation sites is 2. The van der Waals surface area contributed by atoms with Crippen LogP contribution in [-0.2, 0) is 21.1 Å². The molecule has 50 heavy (non-hydrogen) atoms. The van der Waals surface area contributed by atoms with E-state index in [4.69, 9.17) is 14.7 Å². The molecule has 0 amide bonds. The number of aromatic nitrogens is 3. The van der Waals surface area contributed by atoms with E-state index in [0.717, 1.165) is 54.6 Å². The Hall–Kier alpha value is -5.23. The summed E-state index contributed by atoms with van der Waals surface area (Å²) in [6.07, 6.45) is 5.61. The van der Waals surface area contributed by atoms with Gasteiger partial charge in [-0.15, -0.1) is 30.6 Å². The molecule has 0 bridgehead atoms. The van der Waals surface area contributed by atoms with Gasteiger partial charge in [-0.3, -0.25) is 4.98 Å². The maximum absolute atomic E-state index is 6.81. The molecular formula is C42H28N5OPtS-3. The minimum Gasteiger partial charge on any atom is -0.501 e. The first-order valence-corrected chi connectivity index (χ1v) is 17.1. The number of hydrogen-bond donors (Lipinski definition) is 0. The molecule has 0 atom stereocenters. The molecule has 246 valence electrons. The van der Waals surface area contributed by atoms with Crippen LogP contribution >= 0.6 is 11.3 Å². The third-order valence-electron chi connectivity index (χ3n) is 9.42. The van der Waals surface area contributed by atoms with Gasteiger partial charge in [0, 0.05) is 67.2 Å². The zero-order chi connectivity index (χ0) is 32.8. The number of nitrogens with zero attached hydrogens (tertiary/aromatic N) is 5. The van der Waals surface area contributed by atoms with E-state index in [0.29, 0.717) is 11.5 Å². The number of benzene rings is 5. The van der Waals surface area contributed by atoms with Gasteiger partial charge in [0.2, 0.25) is 0 Å². The van der Waals surface area contributed by atoms with E-state index < -0.39 is 0 Å². The molecule has 0 spiro atoms. The number of fused-ring (bicyclic) bond motifs is 11. The van der Waals surface area contributed by atoms with Crippen molar-refractivity contribution in [1.29, 1.82) is 0 Å². The molecule has 1 aliphatic rings. The van der Waals surface area contributed by atoms with Gasteiger partial charge in [0.05, 0.1) is 11.4 Å². The number of thiophene rings is 1. The Kier molecular flexibility index (Phi) is 7.20. The van der Waals surface area contributed by atoms with Crippen LogP contribution in [0.2, 0.25) is 0 Å². The van der Waals surface area contributed by atoms with Gasteiger partial charge in [-0.1, -0.05) is 76.3 Å². The van der Waals surface area contributed by atoms with E-state index in [1.807, 2.05) is 41.2 Å². The van der Waals surface area contributed by atoms with Crippen molar-refractivity contribution in [3.05, 3.63) is 145 Å². The van der Waals surface area contributed by atoms with Crippen LogP contribution in [0.25, 0.3) is 47.6 Å². The number of pyridine rings is 2. The minimum atomic E-state index is 0. The number of aryl methyl sites for hydroxylation is 3. The Morgan fingerprint density at radius 3 is 2.30 bits per heavy atom. The van der Waals surface area contributed by atoms with E-state index >= 15 is 0 Å². The Labute approximate surface area is 307 Å². The normalized spacial score (nSPS) is 12.8. The van der Waals surface area contributed by atoms with Crippen LogP contribution in [0.1, 0.15) is 16.7 Å². The molecule has 0 N–H and O–H groups in total. The van der Waals surface area contributed by atoms with Gasteiger partial charge >= 0.3 is 0 Å². The molecule has 0 unspecified atom stereocenters. The van der Waals surface area contributed by atoms with Gasteiger partial charge in [0.15, 0.2) is 0 Å². The van der Waals surface area contributed by atoms with Crippen molar-refractivity contribution in [3.63, 3.8) is 0 Å². The minimum absolute atomic E-state index is 0. The molecule has 0 aliphatic carbocycles. The Morgan fingerprint density at radius 1 is 0.720 bits per heavy atom. The topological polar surface area (TPSA) is 45.9 Å². The molecule has 0 saturated heterocycles. The predicted molar refractivity (Wildman–Crippen MR) is 201 cm³/mol. The third kappa shape index (κ3) is 4.57. The maximum atomic E-state index is 6.81. The van der Waals surface area contributed by atoms with Gasteiger partial charge in [-0.25, -0.2) is 4.98 Å². The van der Waals surface area contributed by atoms with Crippen molar-refractivity contribution in [2.24, 2.45) is 0 Å². The van der Waals surface area contributed by atoms with Gasteiger partial charge in [-0.2, -0.15) is 17.4 Å². The van der Waals surface area contributed by atoms with E-state index in [2.05, 4.69) is 122 Å². The van der Waals surface area contributed by atoms with Crippen molar-refractivity contribution in [2.45, 2.75) is 20.8 Å². The average molecular weight is 846 g/mol. The summed E-state index contributed by atoms with van der Waals surface area (Å²) in [6.45, 7) is 8.67. The van der Waals surface area contributed by atoms with Crippen molar-refractivity contribution in [3.8, 4) is 11.5 Å². The van der Waals surface area contributed by atoms with Crippen LogP contribution in [-0.4, -0.2) is 14.4 Å². The van der Waals surface area contributed by atoms with Crippen LogP contribution in [0.4, 0.5) is 22.7 Å². The SMILES string of the molecule is Cc1cc(C)c(N2[CH-]N(c3[c-]c(Oc4[c-]c5c(c6cccnc6n6ccnc56)c5c4sc4ccccc45)ccc3)c3ccccc32)c(C)c1.[Pt]. The number of anilines is 4. The fourth-order valence-corrected chi connectivity index (χ4v) is 8.69. The Balaban J connectivity index is 0.00000336. The smallest absolute Gasteiger partial charge is 0.128 e. The summed E-state index contributed by atoms with van der Waals surface area (Å²) in [5, 5.41) is 5.35. The predicted octanol–water partition coefficient (Wildman–Crippen LogP) is 11.1. The van der Waals surface area contributed by atoms with E-state index in [1.165, 1.54) is 32.5 Å². The first-order valence-electron chi connectivity index (χ1n) is 16.2. The molecule has 8 heteroatoms. The molecule has 9 aromatic rings. The van der Waals surface area contributed by atoms with Crippen LogP contribution < -0.4 is 14.5 Å². The first-order chi connectivity index (χ1) is 24.0. The number of hydrogen-bond acceptors (Lipinski definition) is 6. The molecule has 10 rings (SSSR count). The Bertz CT molecular complexity index is 2780. The van der Waals surface area contributed by atoms with Crippen LogP contribution in [0, 0.1) is 39.6 Å². The zero-order valence-corrected chi connectivity index (χ0v) is 30.4. The summed E-state index contributed by atoms with van der Waals surface area (Å²) < 4.78 is 11.1. The molecule has 5 heterocycles. The van der Waals surface area contributed by atoms with Crippen molar-refractivity contribution in [2.75, 3.05) is 9.80 Å². The monoisotopic (exact) mass is 845 g/mol. The molecule has 6 nitrogen and oxygen atoms in total. The van der Waals surface area contributed by atoms with Gasteiger partial charge in [0.1, 0.15) is 5.65 Å². The molecule has 1 aliphatic heterocycles. The second-order valence-corrected chi connectivity index (χ2v) is 13.6. The fourth-order valence-electron chi connectivity index (χ4n) is 7.54. The van der Waals surface area contributed by atoms with Crippen molar-refractivity contribution < 1.29 is 25.8 Å². The molecule has 0 fully saturated rings. The summed E-state index contributed by atoms with van der Waals surface area (Å²) in [5.41, 5.74) is 9.69. The first kappa shape index (κ1) is 30.8. The quantitative estimate of drug-likeness (QED) is 0.130. The maximum Gasteiger partial charge on any atom is 0.128 e. The largest absolute Gasteiger partial charge is 0.501 e. The van der Waals surface area contributed by atoms with Crippen LogP contribution in [0.5, 0.6) is 11.5 Å². The fraction of sp³-hybridized carbons (Fsp3) is 0.0714. The second kappa shape index (κ2) is 11.7. The molecule has 0 radical (unpaired) electrons. The van der Waals surface area contributed by atoms with Crippen molar-refractivity contribution in [1.82, 2.24) is 14.4 Å². The van der Waals surface area contributed by atoms with Gasteiger partial charge in [0.25, 0.3) is 0 Å². The average Bonchev–Trinajstić information content (AvgIpc) is 3.85. The standard InChI is InChI=1S/C42H28N5OS.Pt/c1-25-20-26(2)39(27(3)21-25)47-24-46(33-14-5-6-15-34(33)47)28-10-8-11-29(22-28)48-35-23-32-37(38-30-12-4-7-16-36(30)49-40(35)38)31-13-9-17-43-41(31)45-19-18-44-42(32)45;/h4-21,24H,1-3H3;/q-3;. The molecule has 4 aromatic heterocycles. The van der Waals surface area contributed by atoms with E-state index in [-0.39, 0.29) is 21.1 Å². The van der Waals surface area contributed by atoms with E-state index in [1.54, 1.807) is 11.3 Å². The van der Waals surface area contributed by atoms with Crippen LogP contribution in [0.15, 0.2) is 110 Å². The zero-order valence-electron chi connectivity index (χ0n) is 27.3. The molecule has 5 aromatic carbocycles. The summed E-state index contributed by atoms with van der Waals surface area (Å²) in [5.74, 6) is 1.27. The molecular weight excluding hydrogens is 818 g/mol. The number of imidazole rings is 1. The second-order valence-electron chi connectivity index (χ2n) is 12.6. The Morgan fingerprint density at radius 2 is 1.46 bits per heavy atom. The summed E-state index contributed by atoms with van der Waals surface area (Å²) in [4.78, 5) is 14.0. The molecule has 0 saturated carbocycles. The van der Waals surface area contributed by atoms with Crippen LogP contribution in [0.3, 0.4) is 0 Å². The number of rotatable bonds is 4.